The molecule has 1 N–H and O–H groups in total. The molecule has 0 aliphatic rings. The summed E-state index contributed by atoms with van der Waals surface area (Å²) in [5.41, 5.74) is 0.0989. The second-order valence-electron chi connectivity index (χ2n) is 6.46. The summed E-state index contributed by atoms with van der Waals surface area (Å²) in [6.07, 6.45) is 1.84. The van der Waals surface area contributed by atoms with Gasteiger partial charge in [0, 0.05) is 11.8 Å². The highest BCUT2D eigenvalue weighted by molar-refractivity contribution is 8.00. The summed E-state index contributed by atoms with van der Waals surface area (Å²) in [6, 6.07) is 15.5. The first kappa shape index (κ1) is 20.9. The van der Waals surface area contributed by atoms with Crippen LogP contribution in [0.2, 0.25) is 0 Å². The van der Waals surface area contributed by atoms with E-state index in [1.165, 1.54) is 34.8 Å². The molecule has 0 saturated heterocycles. The smallest absolute Gasteiger partial charge is 0.337 e. The van der Waals surface area contributed by atoms with Crippen LogP contribution in [0, 0.1) is 0 Å². The van der Waals surface area contributed by atoms with Crippen LogP contribution in [-0.4, -0.2) is 33.4 Å². The summed E-state index contributed by atoms with van der Waals surface area (Å²) in [5.74, 6) is 0.174. The number of para-hydroxylation sites is 1. The molecule has 0 unspecified atom stereocenters. The molecule has 4 rings (SSSR count). The van der Waals surface area contributed by atoms with Gasteiger partial charge in [-0.15, -0.1) is 11.3 Å². The predicted molar refractivity (Wildman–Crippen MR) is 123 cm³/mol. The van der Waals surface area contributed by atoms with Crippen molar-refractivity contribution in [1.82, 2.24) is 14.1 Å². The molecule has 0 fully saturated rings. The maximum absolute atomic E-state index is 13.3. The molecule has 0 aliphatic heterocycles. The van der Waals surface area contributed by atoms with Gasteiger partial charge < -0.3 is 10.1 Å². The van der Waals surface area contributed by atoms with Crippen molar-refractivity contribution in [2.24, 2.45) is 0 Å². The van der Waals surface area contributed by atoms with Crippen LogP contribution in [0.15, 0.2) is 68.5 Å². The molecule has 4 aromatic rings. The van der Waals surface area contributed by atoms with E-state index in [1.54, 1.807) is 54.6 Å². The van der Waals surface area contributed by atoms with Gasteiger partial charge in [0.25, 0.3) is 5.56 Å². The van der Waals surface area contributed by atoms with Crippen LogP contribution in [0.3, 0.4) is 0 Å². The van der Waals surface area contributed by atoms with E-state index in [0.717, 1.165) is 4.57 Å². The fourth-order valence-corrected chi connectivity index (χ4v) is 4.59. The van der Waals surface area contributed by atoms with Crippen molar-refractivity contribution in [3.05, 3.63) is 75.4 Å². The van der Waals surface area contributed by atoms with Crippen molar-refractivity contribution in [3.8, 4) is 11.4 Å². The Kier molecular flexibility index (Phi) is 5.92. The number of hydrogen-bond acceptors (Lipinski definition) is 7. The molecule has 0 bridgehead atoms. The Hall–Kier alpha value is -3.37. The minimum absolute atomic E-state index is 0.206. The summed E-state index contributed by atoms with van der Waals surface area (Å²) < 4.78 is 8.43. The minimum atomic E-state index is -0.623. The summed E-state index contributed by atoms with van der Waals surface area (Å²) in [5, 5.41) is 2.76. The van der Waals surface area contributed by atoms with E-state index in [-0.39, 0.29) is 12.2 Å². The molecule has 31 heavy (non-hydrogen) atoms. The Bertz CT molecular complexity index is 1380. The third-order valence-corrected chi connectivity index (χ3v) is 6.53. The Morgan fingerprint density at radius 1 is 1.16 bits per heavy atom. The van der Waals surface area contributed by atoms with Gasteiger partial charge in [-0.1, -0.05) is 36.0 Å². The zero-order valence-electron chi connectivity index (χ0n) is 16.7. The summed E-state index contributed by atoms with van der Waals surface area (Å²) in [4.78, 5) is 43.5. The first-order chi connectivity index (χ1) is 15.0. The Morgan fingerprint density at radius 2 is 1.94 bits per heavy atom. The molecule has 0 aliphatic carbocycles. The molecule has 2 heterocycles. The lowest BCUT2D eigenvalue weighted by Gasteiger charge is -2.12. The molecular formula is C21H18N4O4S2. The second kappa shape index (κ2) is 8.78. The maximum atomic E-state index is 13.3. The van der Waals surface area contributed by atoms with Crippen LogP contribution in [0.25, 0.3) is 16.0 Å². The fourth-order valence-electron chi connectivity index (χ4n) is 3.09. The van der Waals surface area contributed by atoms with E-state index in [2.05, 4.69) is 10.3 Å². The lowest BCUT2D eigenvalue weighted by Crippen LogP contribution is -2.40. The highest BCUT2D eigenvalue weighted by atomic mass is 32.2. The van der Waals surface area contributed by atoms with Gasteiger partial charge in [0.2, 0.25) is 5.91 Å². The number of thioether (sulfide) groups is 1. The molecule has 2 aromatic heterocycles. The summed E-state index contributed by atoms with van der Waals surface area (Å²) >= 11 is 2.58. The van der Waals surface area contributed by atoms with E-state index in [4.69, 9.17) is 4.74 Å². The normalized spacial score (nSPS) is 10.9. The number of carbonyl (C=O) groups excluding carboxylic acids is 1. The topological polar surface area (TPSA) is 95.2 Å². The van der Waals surface area contributed by atoms with Gasteiger partial charge in [-0.2, -0.15) is 0 Å². The predicted octanol–water partition coefficient (Wildman–Crippen LogP) is 2.98. The van der Waals surface area contributed by atoms with E-state index in [0.29, 0.717) is 26.2 Å². The van der Waals surface area contributed by atoms with Crippen LogP contribution in [-0.2, 0) is 11.3 Å². The van der Waals surface area contributed by atoms with Crippen LogP contribution < -0.4 is 21.3 Å². The Morgan fingerprint density at radius 3 is 2.65 bits per heavy atom. The second-order valence-corrected chi connectivity index (χ2v) is 8.51. The lowest BCUT2D eigenvalue weighted by atomic mass is 10.3. The summed E-state index contributed by atoms with van der Waals surface area (Å²) in [6.45, 7) is -0.294. The highest BCUT2D eigenvalue weighted by Crippen LogP contribution is 2.25. The van der Waals surface area contributed by atoms with Crippen molar-refractivity contribution in [3.63, 3.8) is 0 Å². The van der Waals surface area contributed by atoms with E-state index in [9.17, 15) is 14.4 Å². The van der Waals surface area contributed by atoms with Crippen LogP contribution in [0.5, 0.6) is 5.75 Å². The van der Waals surface area contributed by atoms with E-state index < -0.39 is 17.2 Å². The van der Waals surface area contributed by atoms with E-state index >= 15 is 0 Å². The SMILES string of the molecule is COc1cccc(NC(=O)Cn2c(=O)n(-c3ccccc3)c(=O)c3sc(SC)nc32)c1. The van der Waals surface area contributed by atoms with Gasteiger partial charge in [-0.25, -0.2) is 14.3 Å². The average Bonchev–Trinajstić information content (AvgIpc) is 3.22. The number of nitrogens with zero attached hydrogens (tertiary/aromatic N) is 3. The number of nitrogens with one attached hydrogen (secondary N) is 1. The molecular weight excluding hydrogens is 436 g/mol. The van der Waals surface area contributed by atoms with Crippen molar-refractivity contribution in [2.75, 3.05) is 18.7 Å². The van der Waals surface area contributed by atoms with Crippen molar-refractivity contribution in [2.45, 2.75) is 10.9 Å². The van der Waals surface area contributed by atoms with Gasteiger partial charge in [0.05, 0.1) is 12.8 Å². The molecule has 8 nitrogen and oxygen atoms in total. The largest absolute Gasteiger partial charge is 0.497 e. The van der Waals surface area contributed by atoms with Crippen molar-refractivity contribution < 1.29 is 9.53 Å². The van der Waals surface area contributed by atoms with Gasteiger partial charge in [-0.05, 0) is 30.5 Å². The number of fused-ring (bicyclic) bond motifs is 1. The average molecular weight is 455 g/mol. The maximum Gasteiger partial charge on any atom is 0.337 e. The van der Waals surface area contributed by atoms with Gasteiger partial charge in [-0.3, -0.25) is 14.2 Å². The van der Waals surface area contributed by atoms with Gasteiger partial charge in [0.15, 0.2) is 9.99 Å². The molecule has 1 amide bonds. The van der Waals surface area contributed by atoms with E-state index in [1.807, 2.05) is 6.26 Å². The van der Waals surface area contributed by atoms with Gasteiger partial charge in [0.1, 0.15) is 17.0 Å². The summed E-state index contributed by atoms with van der Waals surface area (Å²) in [7, 11) is 1.54. The van der Waals surface area contributed by atoms with Crippen LogP contribution >= 0.6 is 23.1 Å². The third-order valence-electron chi connectivity index (χ3n) is 4.51. The lowest BCUT2D eigenvalue weighted by molar-refractivity contribution is -0.116. The Labute approximate surface area is 185 Å². The number of thiazole rings is 1. The zero-order chi connectivity index (χ0) is 22.0. The number of benzene rings is 2. The molecule has 2 aromatic carbocycles. The number of anilines is 1. The third kappa shape index (κ3) is 4.12. The molecule has 0 radical (unpaired) electrons. The van der Waals surface area contributed by atoms with Crippen molar-refractivity contribution in [1.29, 1.82) is 0 Å². The monoisotopic (exact) mass is 454 g/mol. The minimum Gasteiger partial charge on any atom is -0.497 e. The number of rotatable bonds is 6. The number of amides is 1. The van der Waals surface area contributed by atoms with Crippen LogP contribution in [0.1, 0.15) is 0 Å². The number of hydrogen-bond donors (Lipinski definition) is 1. The first-order valence-corrected chi connectivity index (χ1v) is 11.3. The number of aromatic nitrogens is 3. The number of carbonyl (C=O) groups is 1. The molecule has 10 heteroatoms. The number of ether oxygens (including phenoxy) is 1. The Balaban J connectivity index is 1.80. The van der Waals surface area contributed by atoms with Crippen molar-refractivity contribution >= 4 is 45.0 Å². The fraction of sp³-hybridized carbons (Fsp3) is 0.143. The number of methoxy groups -OCH3 is 1. The standard InChI is InChI=1S/C21H18N4O4S2/c1-29-15-10-6-7-13(11-15)22-16(26)12-24-18-17(31-20(23-18)30-2)19(27)25(21(24)28)14-8-4-3-5-9-14/h3-11H,12H2,1-2H3,(H,22,26). The zero-order valence-corrected chi connectivity index (χ0v) is 18.3. The highest BCUT2D eigenvalue weighted by Gasteiger charge is 2.20. The molecule has 158 valence electrons. The molecule has 0 spiro atoms. The molecule has 0 atom stereocenters. The quantitative estimate of drug-likeness (QED) is 0.450. The van der Waals surface area contributed by atoms with Gasteiger partial charge >= 0.3 is 5.69 Å². The molecule has 0 saturated carbocycles. The van der Waals surface area contributed by atoms with Crippen LogP contribution in [0.4, 0.5) is 5.69 Å². The first-order valence-electron chi connectivity index (χ1n) is 9.21.